The number of nitrogens with one attached hydrogen (secondary N) is 1. The fourth-order valence-corrected chi connectivity index (χ4v) is 5.15. The first-order valence-electron chi connectivity index (χ1n) is 13.6. The highest BCUT2D eigenvalue weighted by Crippen LogP contribution is 2.42. The van der Waals surface area contributed by atoms with Gasteiger partial charge in [-0.3, -0.25) is 15.3 Å². The van der Waals surface area contributed by atoms with Crippen molar-refractivity contribution < 1.29 is 37.6 Å². The fraction of sp³-hybridized carbons (Fsp3) is 0.333. The van der Waals surface area contributed by atoms with Crippen molar-refractivity contribution in [3.63, 3.8) is 0 Å². The number of pyridine rings is 1. The second-order valence-electron chi connectivity index (χ2n) is 10.3. The lowest BCUT2D eigenvalue weighted by atomic mass is 9.84. The second-order valence-corrected chi connectivity index (χ2v) is 10.3. The first kappa shape index (κ1) is 29.7. The Balaban J connectivity index is 1.50. The maximum absolute atomic E-state index is 15.6. The number of carbonyl (C=O) groups is 1. The molecule has 1 fully saturated rings. The van der Waals surface area contributed by atoms with E-state index in [1.54, 1.807) is 18.3 Å². The number of carbonyl (C=O) groups excluding carboxylic acids is 1. The van der Waals surface area contributed by atoms with Crippen LogP contribution in [0.15, 0.2) is 47.6 Å². The summed E-state index contributed by atoms with van der Waals surface area (Å²) in [6.07, 6.45) is 5.46. The summed E-state index contributed by atoms with van der Waals surface area (Å²) in [6.45, 7) is 0.528. The number of hydrogen-bond acceptors (Lipinski definition) is 10. The minimum absolute atomic E-state index is 0.0791. The van der Waals surface area contributed by atoms with Crippen molar-refractivity contribution >= 4 is 18.0 Å². The van der Waals surface area contributed by atoms with Crippen LogP contribution in [-0.2, 0) is 9.53 Å². The monoisotopic (exact) mass is 595 g/mol. The molecule has 4 N–H and O–H groups in total. The Kier molecular flexibility index (Phi) is 8.44. The van der Waals surface area contributed by atoms with Crippen LogP contribution in [-0.4, -0.2) is 59.3 Å². The molecule has 13 heteroatoms. The van der Waals surface area contributed by atoms with Gasteiger partial charge in [0.2, 0.25) is 17.2 Å². The van der Waals surface area contributed by atoms with E-state index in [0.29, 0.717) is 30.7 Å². The molecule has 1 aliphatic heterocycles. The van der Waals surface area contributed by atoms with E-state index in [2.05, 4.69) is 9.98 Å². The molecular formula is C30H31F2N5O6. The number of hydrogen-bond donors (Lipinski definition) is 3. The predicted octanol–water partition coefficient (Wildman–Crippen LogP) is 5.20. The summed E-state index contributed by atoms with van der Waals surface area (Å²) in [7, 11) is 3.15. The van der Waals surface area contributed by atoms with Gasteiger partial charge in [-0.05, 0) is 69.1 Å². The molecule has 2 aromatic carbocycles. The molecule has 226 valence electrons. The number of esters is 1. The van der Waals surface area contributed by atoms with Gasteiger partial charge in [0, 0.05) is 23.9 Å². The number of phenols is 1. The van der Waals surface area contributed by atoms with Gasteiger partial charge in [-0.25, -0.2) is 14.2 Å². The van der Waals surface area contributed by atoms with Gasteiger partial charge in [-0.2, -0.15) is 4.39 Å². The maximum atomic E-state index is 15.6. The van der Waals surface area contributed by atoms with Crippen molar-refractivity contribution in [1.29, 1.82) is 5.41 Å². The van der Waals surface area contributed by atoms with E-state index in [-0.39, 0.29) is 28.6 Å². The van der Waals surface area contributed by atoms with E-state index in [1.807, 2.05) is 11.9 Å². The summed E-state index contributed by atoms with van der Waals surface area (Å²) in [6, 6.07) is 8.50. The normalized spacial score (nSPS) is 17.8. The Bertz CT molecular complexity index is 1580. The van der Waals surface area contributed by atoms with Crippen LogP contribution in [0.3, 0.4) is 0 Å². The van der Waals surface area contributed by atoms with E-state index in [1.165, 1.54) is 31.4 Å². The molecule has 0 spiro atoms. The topological polar surface area (TPSA) is 153 Å². The SMILES string of the molecule is COC(=O)C1(Oc2ccc(Oc3c(F)cnc(Oc4cc(C(=N)N)ccc4O)c3F)c(C3N=CCN3C)c2)CCCCC1. The van der Waals surface area contributed by atoms with E-state index < -0.39 is 41.0 Å². The van der Waals surface area contributed by atoms with Crippen LogP contribution < -0.4 is 19.9 Å². The van der Waals surface area contributed by atoms with E-state index in [4.69, 9.17) is 30.1 Å². The average Bonchev–Trinajstić information content (AvgIpc) is 3.43. The molecule has 0 saturated heterocycles. The number of rotatable bonds is 9. The van der Waals surface area contributed by atoms with Crippen molar-refractivity contribution in [1.82, 2.24) is 9.88 Å². The van der Waals surface area contributed by atoms with Crippen LogP contribution in [0.5, 0.6) is 34.6 Å². The second kappa shape index (κ2) is 12.2. The van der Waals surface area contributed by atoms with Crippen LogP contribution in [0.25, 0.3) is 0 Å². The molecule has 1 unspecified atom stereocenters. The summed E-state index contributed by atoms with van der Waals surface area (Å²) in [5.41, 5.74) is 5.00. The number of ether oxygens (including phenoxy) is 4. The summed E-state index contributed by atoms with van der Waals surface area (Å²) >= 11 is 0. The zero-order valence-corrected chi connectivity index (χ0v) is 23.6. The fourth-order valence-electron chi connectivity index (χ4n) is 5.15. The zero-order valence-electron chi connectivity index (χ0n) is 23.6. The Morgan fingerprint density at radius 1 is 1.12 bits per heavy atom. The molecule has 1 aliphatic carbocycles. The maximum Gasteiger partial charge on any atom is 0.350 e. The van der Waals surface area contributed by atoms with Crippen LogP contribution in [0.1, 0.15) is 49.4 Å². The highest BCUT2D eigenvalue weighted by atomic mass is 19.1. The lowest BCUT2D eigenvalue weighted by Crippen LogP contribution is -2.47. The number of nitrogen functional groups attached to an aromatic ring is 1. The van der Waals surface area contributed by atoms with Crippen LogP contribution in [0.4, 0.5) is 8.78 Å². The van der Waals surface area contributed by atoms with Crippen LogP contribution in [0, 0.1) is 17.0 Å². The summed E-state index contributed by atoms with van der Waals surface area (Å²) in [5, 5.41) is 17.8. The molecule has 1 atom stereocenters. The van der Waals surface area contributed by atoms with Crippen molar-refractivity contribution in [3.05, 3.63) is 65.4 Å². The third-order valence-electron chi connectivity index (χ3n) is 7.41. The summed E-state index contributed by atoms with van der Waals surface area (Å²) < 4.78 is 53.2. The third-order valence-corrected chi connectivity index (χ3v) is 7.41. The van der Waals surface area contributed by atoms with Crippen LogP contribution >= 0.6 is 0 Å². The van der Waals surface area contributed by atoms with Gasteiger partial charge in [0.1, 0.15) is 23.5 Å². The van der Waals surface area contributed by atoms with Gasteiger partial charge >= 0.3 is 5.97 Å². The van der Waals surface area contributed by atoms with Gasteiger partial charge in [0.05, 0.1) is 13.3 Å². The number of aliphatic imine (C=N–C) groups is 1. The van der Waals surface area contributed by atoms with E-state index in [9.17, 15) is 14.3 Å². The Morgan fingerprint density at radius 3 is 2.56 bits per heavy atom. The number of amidine groups is 1. The quantitative estimate of drug-likeness (QED) is 0.172. The third kappa shape index (κ3) is 6.07. The van der Waals surface area contributed by atoms with Crippen molar-refractivity contribution in [2.75, 3.05) is 20.7 Å². The largest absolute Gasteiger partial charge is 0.504 e. The molecule has 43 heavy (non-hydrogen) atoms. The van der Waals surface area contributed by atoms with Gasteiger partial charge in [0.15, 0.2) is 17.3 Å². The van der Waals surface area contributed by atoms with Crippen molar-refractivity contribution in [2.24, 2.45) is 10.7 Å². The molecule has 1 aromatic heterocycles. The average molecular weight is 596 g/mol. The Morgan fingerprint density at radius 2 is 1.88 bits per heavy atom. The molecule has 3 aromatic rings. The number of methoxy groups -OCH3 is 1. The number of aromatic nitrogens is 1. The van der Waals surface area contributed by atoms with Crippen molar-refractivity contribution in [2.45, 2.75) is 43.9 Å². The number of halogens is 2. The van der Waals surface area contributed by atoms with E-state index in [0.717, 1.165) is 25.5 Å². The molecule has 2 heterocycles. The molecule has 0 radical (unpaired) electrons. The number of nitrogens with zero attached hydrogens (tertiary/aromatic N) is 3. The molecule has 2 aliphatic rings. The highest BCUT2D eigenvalue weighted by molar-refractivity contribution is 5.95. The molecule has 5 rings (SSSR count). The number of aromatic hydroxyl groups is 1. The predicted molar refractivity (Wildman–Crippen MR) is 152 cm³/mol. The number of nitrogens with two attached hydrogens (primary N) is 1. The Hall–Kier alpha value is -4.78. The first-order valence-corrected chi connectivity index (χ1v) is 13.6. The van der Waals surface area contributed by atoms with Crippen LogP contribution in [0.2, 0.25) is 0 Å². The molecule has 0 amide bonds. The minimum atomic E-state index is -1.27. The number of benzene rings is 2. The highest BCUT2D eigenvalue weighted by Gasteiger charge is 2.43. The molecule has 0 bridgehead atoms. The lowest BCUT2D eigenvalue weighted by molar-refractivity contribution is -0.162. The van der Waals surface area contributed by atoms with Gasteiger partial charge in [-0.1, -0.05) is 6.42 Å². The molecule has 11 nitrogen and oxygen atoms in total. The van der Waals surface area contributed by atoms with Gasteiger partial charge < -0.3 is 29.8 Å². The summed E-state index contributed by atoms with van der Waals surface area (Å²) in [4.78, 5) is 22.8. The van der Waals surface area contributed by atoms with Crippen molar-refractivity contribution in [3.8, 4) is 34.6 Å². The van der Waals surface area contributed by atoms with E-state index >= 15 is 4.39 Å². The number of phenolic OH excluding ortho intramolecular Hbond substituents is 1. The summed E-state index contributed by atoms with van der Waals surface area (Å²) in [5.74, 6) is -4.81. The minimum Gasteiger partial charge on any atom is -0.504 e. The van der Waals surface area contributed by atoms with Gasteiger partial charge in [-0.15, -0.1) is 0 Å². The standard InChI is InChI=1S/C30H31F2N5O6/c1-37-13-12-35-27(37)19-15-18(43-30(29(39)40-2)10-4-3-5-11-30)7-9-22(19)41-25-20(31)16-36-28(24(25)32)42-23-14-17(26(33)34)6-8-21(23)38/h6-9,12,14-16,27,38H,3-5,10-11,13H2,1-2H3,(H3,33,34). The molecule has 1 saturated carbocycles. The Labute approximate surface area is 246 Å². The van der Waals surface area contributed by atoms with Gasteiger partial charge in [0.25, 0.3) is 5.88 Å². The lowest BCUT2D eigenvalue weighted by Gasteiger charge is -2.35. The zero-order chi connectivity index (χ0) is 30.7. The molecular weight excluding hydrogens is 564 g/mol. The first-order chi connectivity index (χ1) is 20.6. The smallest absolute Gasteiger partial charge is 0.350 e.